The smallest absolute Gasteiger partial charge is 0.345 e. The van der Waals surface area contributed by atoms with Crippen molar-refractivity contribution in [1.82, 2.24) is 4.98 Å². The fourth-order valence-electron chi connectivity index (χ4n) is 3.94. The molecule has 5 aromatic rings. The molecule has 36 heavy (non-hydrogen) atoms. The molecule has 7 heteroatoms. The van der Waals surface area contributed by atoms with Crippen LogP contribution in [-0.4, -0.2) is 42.4 Å². The Labute approximate surface area is 208 Å². The summed E-state index contributed by atoms with van der Waals surface area (Å²) < 4.78 is 17.4. The number of hydrogen-bond acceptors (Lipinski definition) is 6. The third-order valence-electron chi connectivity index (χ3n) is 5.92. The van der Waals surface area contributed by atoms with Crippen LogP contribution in [-0.2, 0) is 11.2 Å². The Balaban J connectivity index is 1.15. The van der Waals surface area contributed by atoms with Gasteiger partial charge >= 0.3 is 5.97 Å². The van der Waals surface area contributed by atoms with Crippen LogP contribution in [0.4, 0.5) is 6.01 Å². The molecule has 0 radical (unpaired) electrons. The number of oxazole rings is 1. The summed E-state index contributed by atoms with van der Waals surface area (Å²) in [6.45, 7) is 1.03. The highest BCUT2D eigenvalue weighted by molar-refractivity contribution is 5.84. The predicted molar refractivity (Wildman–Crippen MR) is 139 cm³/mol. The maximum absolute atomic E-state index is 11.9. The molecule has 0 saturated carbocycles. The molecule has 0 bridgehead atoms. The summed E-state index contributed by atoms with van der Waals surface area (Å²) in [5.74, 6) is 0.224. The molecule has 0 aliphatic rings. The number of carbonyl (C=O) groups is 1. The van der Waals surface area contributed by atoms with Crippen LogP contribution in [0.2, 0.25) is 0 Å². The minimum atomic E-state index is -1.01. The summed E-state index contributed by atoms with van der Waals surface area (Å²) in [4.78, 5) is 18.2. The van der Waals surface area contributed by atoms with Crippen LogP contribution < -0.4 is 14.4 Å². The van der Waals surface area contributed by atoms with Gasteiger partial charge < -0.3 is 23.9 Å². The standard InChI is InChI=1S/C29H26N2O5/c1-31(29-30-25-8-4-5-9-26(25)36-29)16-17-34-23-13-10-20(11-14-23)18-27(28(32)33)35-24-15-12-21-6-2-3-7-22(21)19-24/h2-15,19,27H,16-18H2,1H3,(H,32,33). The average molecular weight is 483 g/mol. The lowest BCUT2D eigenvalue weighted by molar-refractivity contribution is -0.145. The lowest BCUT2D eigenvalue weighted by Gasteiger charge is -2.17. The molecule has 1 heterocycles. The van der Waals surface area contributed by atoms with E-state index in [1.54, 1.807) is 6.07 Å². The number of rotatable bonds is 10. The van der Waals surface area contributed by atoms with Crippen molar-refractivity contribution >= 4 is 33.9 Å². The third kappa shape index (κ3) is 5.41. The Bertz CT molecular complexity index is 1450. The summed E-state index contributed by atoms with van der Waals surface area (Å²) in [5.41, 5.74) is 2.42. The molecule has 1 unspecified atom stereocenters. The predicted octanol–water partition coefficient (Wildman–Crippen LogP) is 5.57. The van der Waals surface area contributed by atoms with E-state index in [9.17, 15) is 9.90 Å². The van der Waals surface area contributed by atoms with Crippen molar-refractivity contribution < 1.29 is 23.8 Å². The summed E-state index contributed by atoms with van der Waals surface area (Å²) in [7, 11) is 1.90. The second kappa shape index (κ2) is 10.4. The Kier molecular flexibility index (Phi) is 6.71. The molecule has 1 N–H and O–H groups in total. The van der Waals surface area contributed by atoms with Gasteiger partial charge in [-0.05, 0) is 52.7 Å². The molecular formula is C29H26N2O5. The zero-order valence-electron chi connectivity index (χ0n) is 19.8. The van der Waals surface area contributed by atoms with E-state index in [1.165, 1.54) is 0 Å². The Morgan fingerprint density at radius 1 is 0.944 bits per heavy atom. The lowest BCUT2D eigenvalue weighted by Crippen LogP contribution is -2.29. The molecule has 1 aromatic heterocycles. The first-order valence-electron chi connectivity index (χ1n) is 11.7. The molecule has 0 amide bonds. The fourth-order valence-corrected chi connectivity index (χ4v) is 3.94. The number of para-hydroxylation sites is 2. The minimum Gasteiger partial charge on any atom is -0.492 e. The molecule has 5 rings (SSSR count). The fraction of sp³-hybridized carbons (Fsp3) is 0.172. The number of likely N-dealkylation sites (N-methyl/N-ethyl adjacent to an activating group) is 1. The molecule has 0 aliphatic carbocycles. The average Bonchev–Trinajstić information content (AvgIpc) is 3.34. The van der Waals surface area contributed by atoms with Crippen molar-refractivity contribution in [3.05, 3.63) is 96.6 Å². The molecule has 0 aliphatic heterocycles. The van der Waals surface area contributed by atoms with Gasteiger partial charge in [0.1, 0.15) is 23.6 Å². The van der Waals surface area contributed by atoms with Crippen molar-refractivity contribution in [2.24, 2.45) is 0 Å². The highest BCUT2D eigenvalue weighted by Crippen LogP contribution is 2.23. The Morgan fingerprint density at radius 3 is 2.44 bits per heavy atom. The first kappa shape index (κ1) is 23.2. The normalized spacial score (nSPS) is 11.9. The molecule has 0 saturated heterocycles. The summed E-state index contributed by atoms with van der Waals surface area (Å²) in [6.07, 6.45) is -0.758. The molecule has 182 valence electrons. The number of fused-ring (bicyclic) bond motifs is 2. The number of carboxylic acid groups (broad SMARTS) is 1. The Hall–Kier alpha value is -4.52. The van der Waals surface area contributed by atoms with Crippen LogP contribution in [0.1, 0.15) is 5.56 Å². The van der Waals surface area contributed by atoms with Gasteiger partial charge in [-0.1, -0.05) is 54.6 Å². The van der Waals surface area contributed by atoms with Gasteiger partial charge in [0.15, 0.2) is 11.7 Å². The highest BCUT2D eigenvalue weighted by atomic mass is 16.5. The van der Waals surface area contributed by atoms with Gasteiger partial charge in [-0.2, -0.15) is 4.98 Å². The first-order chi connectivity index (χ1) is 17.5. The van der Waals surface area contributed by atoms with Crippen LogP contribution in [0.25, 0.3) is 21.9 Å². The maximum atomic E-state index is 11.9. The van der Waals surface area contributed by atoms with Crippen molar-refractivity contribution in [2.75, 3.05) is 25.1 Å². The maximum Gasteiger partial charge on any atom is 0.345 e. The van der Waals surface area contributed by atoms with Crippen molar-refractivity contribution in [3.8, 4) is 11.5 Å². The van der Waals surface area contributed by atoms with E-state index in [1.807, 2.05) is 96.9 Å². The number of benzene rings is 4. The van der Waals surface area contributed by atoms with Crippen LogP contribution >= 0.6 is 0 Å². The quantitative estimate of drug-likeness (QED) is 0.278. The van der Waals surface area contributed by atoms with Gasteiger partial charge in [0.2, 0.25) is 0 Å². The summed E-state index contributed by atoms with van der Waals surface area (Å²) in [6, 6.07) is 29.1. The van der Waals surface area contributed by atoms with Crippen molar-refractivity contribution in [2.45, 2.75) is 12.5 Å². The largest absolute Gasteiger partial charge is 0.492 e. The van der Waals surface area contributed by atoms with Gasteiger partial charge in [0, 0.05) is 13.5 Å². The van der Waals surface area contributed by atoms with Crippen LogP contribution in [0.15, 0.2) is 95.4 Å². The number of aromatic nitrogens is 1. The molecule has 4 aromatic carbocycles. The number of anilines is 1. The monoisotopic (exact) mass is 482 g/mol. The number of ether oxygens (including phenoxy) is 2. The molecular weight excluding hydrogens is 456 g/mol. The number of aliphatic carboxylic acids is 1. The van der Waals surface area contributed by atoms with E-state index >= 15 is 0 Å². The van der Waals surface area contributed by atoms with Crippen LogP contribution in [0.5, 0.6) is 11.5 Å². The van der Waals surface area contributed by atoms with E-state index in [2.05, 4.69) is 4.98 Å². The molecule has 1 atom stereocenters. The summed E-state index contributed by atoms with van der Waals surface area (Å²) >= 11 is 0. The van der Waals surface area contributed by atoms with E-state index in [0.29, 0.717) is 30.7 Å². The molecule has 0 fully saturated rings. The third-order valence-corrected chi connectivity index (χ3v) is 5.92. The topological polar surface area (TPSA) is 85.0 Å². The number of hydrogen-bond donors (Lipinski definition) is 1. The number of carboxylic acids is 1. The second-order valence-corrected chi connectivity index (χ2v) is 8.54. The van der Waals surface area contributed by atoms with E-state index in [4.69, 9.17) is 13.9 Å². The zero-order valence-corrected chi connectivity index (χ0v) is 19.8. The van der Waals surface area contributed by atoms with Crippen molar-refractivity contribution in [1.29, 1.82) is 0 Å². The van der Waals surface area contributed by atoms with Gasteiger partial charge in [-0.3, -0.25) is 0 Å². The molecule has 7 nitrogen and oxygen atoms in total. The minimum absolute atomic E-state index is 0.239. The van der Waals surface area contributed by atoms with E-state index < -0.39 is 12.1 Å². The van der Waals surface area contributed by atoms with Gasteiger partial charge in [-0.15, -0.1) is 0 Å². The van der Waals surface area contributed by atoms with E-state index in [0.717, 1.165) is 27.4 Å². The van der Waals surface area contributed by atoms with Gasteiger partial charge in [0.05, 0.1) is 6.54 Å². The molecule has 0 spiro atoms. The van der Waals surface area contributed by atoms with Crippen LogP contribution in [0, 0.1) is 0 Å². The zero-order chi connectivity index (χ0) is 24.9. The van der Waals surface area contributed by atoms with Crippen molar-refractivity contribution in [3.63, 3.8) is 0 Å². The number of nitrogens with zero attached hydrogens (tertiary/aromatic N) is 2. The first-order valence-corrected chi connectivity index (χ1v) is 11.7. The van der Waals surface area contributed by atoms with Crippen LogP contribution in [0.3, 0.4) is 0 Å². The summed E-state index contributed by atoms with van der Waals surface area (Å²) in [5, 5.41) is 11.8. The Morgan fingerprint density at radius 2 is 1.67 bits per heavy atom. The second-order valence-electron chi connectivity index (χ2n) is 8.54. The SMILES string of the molecule is CN(CCOc1ccc(CC(Oc2ccc3ccccc3c2)C(=O)O)cc1)c1nc2ccccc2o1. The van der Waals surface area contributed by atoms with Gasteiger partial charge in [0.25, 0.3) is 6.01 Å². The van der Waals surface area contributed by atoms with Gasteiger partial charge in [-0.25, -0.2) is 4.79 Å². The van der Waals surface area contributed by atoms with E-state index in [-0.39, 0.29) is 6.42 Å². The lowest BCUT2D eigenvalue weighted by atomic mass is 10.1. The highest BCUT2D eigenvalue weighted by Gasteiger charge is 2.20.